The number of carboxylic acid groups (broad SMARTS) is 1. The zero-order valence-electron chi connectivity index (χ0n) is 20.6. The lowest BCUT2D eigenvalue weighted by atomic mass is 10.0. The van der Waals surface area contributed by atoms with Gasteiger partial charge in [0.25, 0.3) is 0 Å². The molecule has 0 bridgehead atoms. The quantitative estimate of drug-likeness (QED) is 0.264. The number of anilines is 1. The molecular formula is C29H26N4O4S. The number of pyridine rings is 1. The number of benzene rings is 2. The summed E-state index contributed by atoms with van der Waals surface area (Å²) >= 11 is 5.69. The summed E-state index contributed by atoms with van der Waals surface area (Å²) in [6, 6.07) is 22.8. The molecule has 1 fully saturated rings. The molecule has 9 heteroatoms. The van der Waals surface area contributed by atoms with Gasteiger partial charge in [-0.15, -0.1) is 0 Å². The van der Waals surface area contributed by atoms with Crippen molar-refractivity contribution in [3.05, 3.63) is 108 Å². The van der Waals surface area contributed by atoms with Crippen molar-refractivity contribution in [1.82, 2.24) is 15.2 Å². The Labute approximate surface area is 225 Å². The molecule has 1 amide bonds. The number of amides is 1. The van der Waals surface area contributed by atoms with Gasteiger partial charge in [0.15, 0.2) is 5.11 Å². The second-order valence-electron chi connectivity index (χ2n) is 8.99. The summed E-state index contributed by atoms with van der Waals surface area (Å²) in [4.78, 5) is 31.0. The number of para-hydroxylation sites is 1. The molecule has 38 heavy (non-hydrogen) atoms. The van der Waals surface area contributed by atoms with Gasteiger partial charge in [0.2, 0.25) is 5.91 Å². The Hall–Kier alpha value is -4.50. The van der Waals surface area contributed by atoms with Gasteiger partial charge in [0, 0.05) is 30.4 Å². The SMILES string of the molecule is Cc1ccccc1NC(=O)CCN1C(=S)N[C@@H](c2ccccn2)[C@H]1c1ccc(-c2ccccc2C(=O)O)o1. The summed E-state index contributed by atoms with van der Waals surface area (Å²) in [7, 11) is 0. The van der Waals surface area contributed by atoms with Crippen LogP contribution in [0.15, 0.2) is 89.5 Å². The molecule has 3 heterocycles. The highest BCUT2D eigenvalue weighted by atomic mass is 32.1. The van der Waals surface area contributed by atoms with E-state index in [1.54, 1.807) is 36.5 Å². The van der Waals surface area contributed by atoms with E-state index >= 15 is 0 Å². The van der Waals surface area contributed by atoms with E-state index in [0.717, 1.165) is 16.9 Å². The molecule has 0 saturated carbocycles. The van der Waals surface area contributed by atoms with E-state index in [4.69, 9.17) is 16.6 Å². The zero-order chi connectivity index (χ0) is 26.6. The highest BCUT2D eigenvalue weighted by Crippen LogP contribution is 2.40. The molecule has 2 aromatic carbocycles. The van der Waals surface area contributed by atoms with Crippen LogP contribution >= 0.6 is 12.2 Å². The number of nitrogens with one attached hydrogen (secondary N) is 2. The molecule has 2 aromatic heterocycles. The molecule has 0 spiro atoms. The molecule has 4 aromatic rings. The van der Waals surface area contributed by atoms with Crippen molar-refractivity contribution in [2.24, 2.45) is 0 Å². The fraction of sp³-hybridized carbons (Fsp3) is 0.172. The number of furan rings is 1. The van der Waals surface area contributed by atoms with Gasteiger partial charge in [0.05, 0.1) is 17.3 Å². The predicted molar refractivity (Wildman–Crippen MR) is 148 cm³/mol. The van der Waals surface area contributed by atoms with Gasteiger partial charge in [-0.2, -0.15) is 0 Å². The van der Waals surface area contributed by atoms with Crippen LogP contribution in [0.5, 0.6) is 0 Å². The Morgan fingerprint density at radius 2 is 1.82 bits per heavy atom. The molecule has 8 nitrogen and oxygen atoms in total. The Bertz CT molecular complexity index is 1490. The van der Waals surface area contributed by atoms with Gasteiger partial charge in [0.1, 0.15) is 17.6 Å². The maximum atomic E-state index is 12.8. The summed E-state index contributed by atoms with van der Waals surface area (Å²) in [6.07, 6.45) is 1.92. The molecule has 3 N–H and O–H groups in total. The number of aromatic carboxylic acids is 1. The van der Waals surface area contributed by atoms with Gasteiger partial charge < -0.3 is 25.1 Å². The van der Waals surface area contributed by atoms with E-state index in [-0.39, 0.29) is 23.9 Å². The van der Waals surface area contributed by atoms with Crippen LogP contribution in [0.3, 0.4) is 0 Å². The number of thiocarbonyl (C=S) groups is 1. The third-order valence-corrected chi connectivity index (χ3v) is 6.89. The van der Waals surface area contributed by atoms with Gasteiger partial charge >= 0.3 is 5.97 Å². The standard InChI is InChI=1S/C29H26N4O4S/c1-18-8-2-5-11-21(18)31-25(34)15-17-33-27(26(32-29(33)38)22-12-6-7-16-30-22)24-14-13-23(37-24)19-9-3-4-10-20(19)28(35)36/h2-14,16,26-27H,15,17H2,1H3,(H,31,34)(H,32,38)(H,35,36)/t26-,27+/m0/s1. The normalized spacial score (nSPS) is 16.8. The Balaban J connectivity index is 1.43. The molecular weight excluding hydrogens is 500 g/mol. The van der Waals surface area contributed by atoms with Crippen LogP contribution in [-0.4, -0.2) is 38.5 Å². The molecule has 0 radical (unpaired) electrons. The summed E-state index contributed by atoms with van der Waals surface area (Å²) in [6.45, 7) is 2.29. The van der Waals surface area contributed by atoms with E-state index < -0.39 is 12.0 Å². The monoisotopic (exact) mass is 526 g/mol. The number of aromatic nitrogens is 1. The van der Waals surface area contributed by atoms with E-state index in [2.05, 4.69) is 15.6 Å². The second kappa shape index (κ2) is 10.9. The van der Waals surface area contributed by atoms with Gasteiger partial charge in [-0.3, -0.25) is 9.78 Å². The van der Waals surface area contributed by atoms with Crippen molar-refractivity contribution in [3.63, 3.8) is 0 Å². The van der Waals surface area contributed by atoms with Crippen molar-refractivity contribution in [2.75, 3.05) is 11.9 Å². The Morgan fingerprint density at radius 1 is 1.05 bits per heavy atom. The van der Waals surface area contributed by atoms with Crippen LogP contribution < -0.4 is 10.6 Å². The minimum Gasteiger partial charge on any atom is -0.478 e. The van der Waals surface area contributed by atoms with Crippen molar-refractivity contribution in [1.29, 1.82) is 0 Å². The maximum absolute atomic E-state index is 12.8. The lowest BCUT2D eigenvalue weighted by molar-refractivity contribution is -0.116. The lowest BCUT2D eigenvalue weighted by Gasteiger charge is -2.26. The Kier molecular flexibility index (Phi) is 7.19. The first kappa shape index (κ1) is 25.2. The number of aryl methyl sites for hydroxylation is 1. The van der Waals surface area contributed by atoms with Crippen LogP contribution in [0.25, 0.3) is 11.3 Å². The zero-order valence-corrected chi connectivity index (χ0v) is 21.4. The molecule has 1 aliphatic heterocycles. The van der Waals surface area contributed by atoms with E-state index in [0.29, 0.717) is 28.7 Å². The summed E-state index contributed by atoms with van der Waals surface area (Å²) in [5, 5.41) is 16.4. The maximum Gasteiger partial charge on any atom is 0.336 e. The first-order valence-corrected chi connectivity index (χ1v) is 12.6. The van der Waals surface area contributed by atoms with E-state index in [1.807, 2.05) is 60.4 Å². The molecule has 5 rings (SSSR count). The second-order valence-corrected chi connectivity index (χ2v) is 9.37. The van der Waals surface area contributed by atoms with E-state index in [1.165, 1.54) is 0 Å². The van der Waals surface area contributed by atoms with Crippen LogP contribution in [0.1, 0.15) is 45.9 Å². The number of carbonyl (C=O) groups is 2. The van der Waals surface area contributed by atoms with Crippen LogP contribution in [0.4, 0.5) is 5.69 Å². The fourth-order valence-electron chi connectivity index (χ4n) is 4.64. The Morgan fingerprint density at radius 3 is 2.58 bits per heavy atom. The highest BCUT2D eigenvalue weighted by molar-refractivity contribution is 7.80. The van der Waals surface area contributed by atoms with Crippen LogP contribution in [-0.2, 0) is 4.79 Å². The summed E-state index contributed by atoms with van der Waals surface area (Å²) in [5.74, 6) is -0.136. The number of hydrogen-bond acceptors (Lipinski definition) is 5. The number of carboxylic acids is 1. The molecule has 2 atom stereocenters. The average Bonchev–Trinajstić information content (AvgIpc) is 3.53. The van der Waals surface area contributed by atoms with Crippen LogP contribution in [0, 0.1) is 6.92 Å². The van der Waals surface area contributed by atoms with Crippen molar-refractivity contribution < 1.29 is 19.1 Å². The van der Waals surface area contributed by atoms with Gasteiger partial charge in [-0.25, -0.2) is 4.79 Å². The predicted octanol–water partition coefficient (Wildman–Crippen LogP) is 5.35. The lowest BCUT2D eigenvalue weighted by Crippen LogP contribution is -2.32. The largest absolute Gasteiger partial charge is 0.478 e. The third-order valence-electron chi connectivity index (χ3n) is 6.54. The minimum absolute atomic E-state index is 0.127. The molecule has 1 aliphatic rings. The van der Waals surface area contributed by atoms with Crippen molar-refractivity contribution >= 4 is 34.9 Å². The summed E-state index contributed by atoms with van der Waals surface area (Å²) in [5.41, 5.74) is 3.17. The van der Waals surface area contributed by atoms with Gasteiger partial charge in [-0.05, 0) is 61.1 Å². The minimum atomic E-state index is -1.03. The van der Waals surface area contributed by atoms with Crippen LogP contribution in [0.2, 0.25) is 0 Å². The first-order chi connectivity index (χ1) is 18.4. The number of rotatable bonds is 8. The third kappa shape index (κ3) is 5.14. The van der Waals surface area contributed by atoms with Crippen molar-refractivity contribution in [3.8, 4) is 11.3 Å². The molecule has 1 saturated heterocycles. The molecule has 0 aliphatic carbocycles. The van der Waals surface area contributed by atoms with Crippen molar-refractivity contribution in [2.45, 2.75) is 25.4 Å². The fourth-order valence-corrected chi connectivity index (χ4v) is 4.98. The molecule has 192 valence electrons. The van der Waals surface area contributed by atoms with Gasteiger partial charge in [-0.1, -0.05) is 42.5 Å². The highest BCUT2D eigenvalue weighted by Gasteiger charge is 2.41. The number of hydrogen-bond donors (Lipinski definition) is 3. The van der Waals surface area contributed by atoms with E-state index in [9.17, 15) is 14.7 Å². The number of carbonyl (C=O) groups excluding carboxylic acids is 1. The topological polar surface area (TPSA) is 108 Å². The summed E-state index contributed by atoms with van der Waals surface area (Å²) < 4.78 is 6.26. The average molecular weight is 527 g/mol. The first-order valence-electron chi connectivity index (χ1n) is 12.2. The number of nitrogens with zero attached hydrogens (tertiary/aromatic N) is 2. The molecule has 0 unspecified atom stereocenters. The smallest absolute Gasteiger partial charge is 0.336 e.